The first-order valence-electron chi connectivity index (χ1n) is 4.87. The lowest BCUT2D eigenvalue weighted by atomic mass is 10.1. The van der Waals surface area contributed by atoms with Crippen molar-refractivity contribution < 1.29 is 14.3 Å². The summed E-state index contributed by atoms with van der Waals surface area (Å²) in [7, 11) is 0. The third kappa shape index (κ3) is 5.62. The molecule has 3 atom stereocenters. The molecule has 0 spiro atoms. The van der Waals surface area contributed by atoms with E-state index in [-0.39, 0.29) is 18.3 Å². The Kier molecular flexibility index (Phi) is 8.23. The normalized spacial score (nSPS) is 17.4. The van der Waals surface area contributed by atoms with Crippen LogP contribution in [0, 0.1) is 5.92 Å². The van der Waals surface area contributed by atoms with Gasteiger partial charge in [0.05, 0.1) is 0 Å². The van der Waals surface area contributed by atoms with E-state index in [1.165, 1.54) is 0 Å². The summed E-state index contributed by atoms with van der Waals surface area (Å²) in [6, 6.07) is 0. The van der Waals surface area contributed by atoms with Crippen molar-refractivity contribution in [1.82, 2.24) is 0 Å². The van der Waals surface area contributed by atoms with Crippen molar-refractivity contribution in [2.75, 3.05) is 18.6 Å². The van der Waals surface area contributed by atoms with E-state index in [0.717, 1.165) is 12.0 Å². The minimum absolute atomic E-state index is 0.227. The lowest BCUT2D eigenvalue weighted by Crippen LogP contribution is -2.30. The van der Waals surface area contributed by atoms with Crippen LogP contribution in [0.15, 0.2) is 0 Å². The Morgan fingerprint density at radius 3 is 2.50 bits per heavy atom. The quantitative estimate of drug-likeness (QED) is 0.463. The molecule has 0 N–H and O–H groups in total. The topological polar surface area (TPSA) is 35.5 Å². The van der Waals surface area contributed by atoms with Crippen molar-refractivity contribution in [2.24, 2.45) is 5.92 Å². The Labute approximate surface area is 90.5 Å². The molecule has 0 saturated carbocycles. The number of thioether (sulfide) groups is 1. The maximum atomic E-state index is 10.8. The predicted molar refractivity (Wildman–Crippen MR) is 59.6 cm³/mol. The lowest BCUT2D eigenvalue weighted by Gasteiger charge is -2.22. The van der Waals surface area contributed by atoms with E-state index >= 15 is 0 Å². The van der Waals surface area contributed by atoms with Crippen LogP contribution >= 0.6 is 11.8 Å². The van der Waals surface area contributed by atoms with E-state index < -0.39 is 0 Å². The van der Waals surface area contributed by atoms with Gasteiger partial charge < -0.3 is 14.3 Å². The molecule has 0 aliphatic heterocycles. The molecule has 0 aromatic rings. The molecule has 0 bridgehead atoms. The van der Waals surface area contributed by atoms with Gasteiger partial charge in [0, 0.05) is 6.61 Å². The Morgan fingerprint density at radius 2 is 2.07 bits per heavy atom. The molecular weight excluding hydrogens is 200 g/mol. The summed E-state index contributed by atoms with van der Waals surface area (Å²) in [5, 5.41) is 0. The third-order valence-corrected chi connectivity index (χ3v) is 2.73. The molecule has 3 nitrogen and oxygen atoms in total. The van der Waals surface area contributed by atoms with Gasteiger partial charge in [0.15, 0.2) is 6.29 Å². The van der Waals surface area contributed by atoms with Crippen LogP contribution in [-0.2, 0) is 14.3 Å². The largest absolute Gasteiger partial charge is 0.353 e. The number of aldehydes is 1. The summed E-state index contributed by atoms with van der Waals surface area (Å²) in [5.74, 6) is 1.15. The number of carbonyl (C=O) groups is 1. The molecule has 0 aromatic heterocycles. The fraction of sp³-hybridized carbons (Fsp3) is 0.900. The van der Waals surface area contributed by atoms with Gasteiger partial charge >= 0.3 is 0 Å². The second-order valence-electron chi connectivity index (χ2n) is 3.19. The summed E-state index contributed by atoms with van der Waals surface area (Å²) < 4.78 is 10.7. The first-order chi connectivity index (χ1) is 6.65. The SMILES string of the molecule is CCOC(C)O[C@@H](C=O)[C@H](C)CSC. The van der Waals surface area contributed by atoms with Gasteiger partial charge in [-0.3, -0.25) is 0 Å². The highest BCUT2D eigenvalue weighted by Gasteiger charge is 2.19. The average molecular weight is 220 g/mol. The maximum absolute atomic E-state index is 10.8. The first kappa shape index (κ1) is 13.9. The molecule has 0 radical (unpaired) electrons. The van der Waals surface area contributed by atoms with Gasteiger partial charge in [-0.2, -0.15) is 11.8 Å². The molecule has 0 amide bonds. The Hall–Kier alpha value is -0.0600. The molecule has 4 heteroatoms. The predicted octanol–water partition coefficient (Wildman–Crippen LogP) is 1.95. The fourth-order valence-electron chi connectivity index (χ4n) is 1.15. The van der Waals surface area contributed by atoms with Gasteiger partial charge in [-0.05, 0) is 31.8 Å². The summed E-state index contributed by atoms with van der Waals surface area (Å²) in [5.41, 5.74) is 0. The smallest absolute Gasteiger partial charge is 0.155 e. The first-order valence-corrected chi connectivity index (χ1v) is 6.26. The molecule has 0 fully saturated rings. The van der Waals surface area contributed by atoms with Crippen LogP contribution < -0.4 is 0 Å². The van der Waals surface area contributed by atoms with E-state index in [2.05, 4.69) is 0 Å². The number of hydrogen-bond donors (Lipinski definition) is 0. The molecule has 0 aliphatic carbocycles. The summed E-state index contributed by atoms with van der Waals surface area (Å²) in [4.78, 5) is 10.8. The van der Waals surface area contributed by atoms with Crippen LogP contribution in [0.5, 0.6) is 0 Å². The minimum Gasteiger partial charge on any atom is -0.353 e. The average Bonchev–Trinajstić information content (AvgIpc) is 2.15. The molecule has 1 unspecified atom stereocenters. The maximum Gasteiger partial charge on any atom is 0.155 e. The molecule has 0 heterocycles. The Morgan fingerprint density at radius 1 is 1.43 bits per heavy atom. The summed E-state index contributed by atoms with van der Waals surface area (Å²) in [6.45, 7) is 6.32. The molecule has 0 saturated heterocycles. The van der Waals surface area contributed by atoms with Crippen LogP contribution in [0.2, 0.25) is 0 Å². The second kappa shape index (κ2) is 8.26. The van der Waals surface area contributed by atoms with E-state index in [1.54, 1.807) is 11.8 Å². The molecule has 0 aliphatic rings. The monoisotopic (exact) mass is 220 g/mol. The standard InChI is InChI=1S/C10H20O3S/c1-5-12-9(3)13-10(6-11)8(2)7-14-4/h6,8-10H,5,7H2,1-4H3/t8-,9?,10+/m1/s1. The van der Waals surface area contributed by atoms with E-state index in [0.29, 0.717) is 6.61 Å². The van der Waals surface area contributed by atoms with Gasteiger partial charge in [0.1, 0.15) is 12.4 Å². The Bertz CT molecular complexity index is 152. The van der Waals surface area contributed by atoms with E-state index in [9.17, 15) is 4.79 Å². The van der Waals surface area contributed by atoms with Crippen molar-refractivity contribution in [3.63, 3.8) is 0 Å². The third-order valence-electron chi connectivity index (χ3n) is 1.87. The van der Waals surface area contributed by atoms with Gasteiger partial charge in [-0.25, -0.2) is 0 Å². The van der Waals surface area contributed by atoms with Crippen molar-refractivity contribution in [3.8, 4) is 0 Å². The van der Waals surface area contributed by atoms with Crippen LogP contribution in [0.3, 0.4) is 0 Å². The number of ether oxygens (including phenoxy) is 2. The lowest BCUT2D eigenvalue weighted by molar-refractivity contribution is -0.169. The second-order valence-corrected chi connectivity index (χ2v) is 4.10. The van der Waals surface area contributed by atoms with Crippen molar-refractivity contribution >= 4 is 18.0 Å². The minimum atomic E-state index is -0.357. The van der Waals surface area contributed by atoms with Crippen molar-refractivity contribution in [1.29, 1.82) is 0 Å². The van der Waals surface area contributed by atoms with Crippen molar-refractivity contribution in [3.05, 3.63) is 0 Å². The van der Waals surface area contributed by atoms with Crippen LogP contribution in [0.4, 0.5) is 0 Å². The number of carbonyl (C=O) groups excluding carboxylic acids is 1. The fourth-order valence-corrected chi connectivity index (χ4v) is 1.87. The molecule has 84 valence electrons. The van der Waals surface area contributed by atoms with Crippen LogP contribution in [-0.4, -0.2) is 37.3 Å². The molecule has 0 aromatic carbocycles. The van der Waals surface area contributed by atoms with Gasteiger partial charge in [0.2, 0.25) is 0 Å². The zero-order valence-electron chi connectivity index (χ0n) is 9.36. The zero-order valence-corrected chi connectivity index (χ0v) is 10.2. The van der Waals surface area contributed by atoms with Crippen LogP contribution in [0.25, 0.3) is 0 Å². The highest BCUT2D eigenvalue weighted by atomic mass is 32.2. The van der Waals surface area contributed by atoms with E-state index in [1.807, 2.05) is 27.0 Å². The Balaban J connectivity index is 3.93. The van der Waals surface area contributed by atoms with Gasteiger partial charge in [-0.15, -0.1) is 0 Å². The number of rotatable bonds is 8. The highest BCUT2D eigenvalue weighted by molar-refractivity contribution is 7.98. The molecule has 0 rings (SSSR count). The van der Waals surface area contributed by atoms with Gasteiger partial charge in [0.25, 0.3) is 0 Å². The summed E-state index contributed by atoms with van der Waals surface area (Å²) >= 11 is 1.71. The zero-order chi connectivity index (χ0) is 11.0. The van der Waals surface area contributed by atoms with Crippen LogP contribution in [0.1, 0.15) is 20.8 Å². The van der Waals surface area contributed by atoms with Gasteiger partial charge in [-0.1, -0.05) is 6.92 Å². The molecule has 14 heavy (non-hydrogen) atoms. The summed E-state index contributed by atoms with van der Waals surface area (Å²) in [6.07, 6.45) is 2.21. The van der Waals surface area contributed by atoms with E-state index in [4.69, 9.17) is 9.47 Å². The highest BCUT2D eigenvalue weighted by Crippen LogP contribution is 2.13. The number of hydrogen-bond acceptors (Lipinski definition) is 4. The molecular formula is C10H20O3S. The van der Waals surface area contributed by atoms with Crippen molar-refractivity contribution in [2.45, 2.75) is 33.2 Å².